The molecule has 1 aliphatic carbocycles. The molecule has 2 amide bonds. The first-order valence-electron chi connectivity index (χ1n) is 13.1. The van der Waals surface area contributed by atoms with Crippen molar-refractivity contribution < 1.29 is 9.59 Å². The minimum atomic E-state index is -0.150. The first-order chi connectivity index (χ1) is 18.9. The van der Waals surface area contributed by atoms with Crippen molar-refractivity contribution in [1.29, 1.82) is 0 Å². The molecule has 4 heterocycles. The number of nitrogens with zero attached hydrogens (tertiary/aromatic N) is 5. The highest BCUT2D eigenvalue weighted by Gasteiger charge is 2.32. The lowest BCUT2D eigenvalue weighted by Crippen LogP contribution is -2.33. The fourth-order valence-electron chi connectivity index (χ4n) is 4.92. The lowest BCUT2D eigenvalue weighted by molar-refractivity contribution is -0.119. The Morgan fingerprint density at radius 2 is 1.59 bits per heavy atom. The predicted molar refractivity (Wildman–Crippen MR) is 154 cm³/mol. The fourth-order valence-corrected chi connectivity index (χ4v) is 7.12. The van der Waals surface area contributed by atoms with Crippen molar-refractivity contribution in [2.24, 2.45) is 10.9 Å². The summed E-state index contributed by atoms with van der Waals surface area (Å²) in [6, 6.07) is 11.1. The monoisotopic (exact) mass is 561 g/mol. The van der Waals surface area contributed by atoms with E-state index in [9.17, 15) is 9.59 Å². The molecule has 2 aliphatic rings. The third-order valence-corrected chi connectivity index (χ3v) is 9.27. The molecule has 2 N–H and O–H groups in total. The van der Waals surface area contributed by atoms with Gasteiger partial charge in [0.1, 0.15) is 5.01 Å². The highest BCUT2D eigenvalue weighted by molar-refractivity contribution is 8.17. The molecule has 0 radical (unpaired) electrons. The lowest BCUT2D eigenvalue weighted by Gasteiger charge is -2.33. The van der Waals surface area contributed by atoms with E-state index in [2.05, 4.69) is 44.6 Å². The molecule has 3 unspecified atom stereocenters. The van der Waals surface area contributed by atoms with Gasteiger partial charge in [0.2, 0.25) is 16.9 Å². The Labute approximate surface area is 236 Å². The number of pyridine rings is 2. The molecule has 3 aromatic heterocycles. The summed E-state index contributed by atoms with van der Waals surface area (Å²) in [5.41, 5.74) is 2.71. The van der Waals surface area contributed by atoms with Crippen LogP contribution in [0.3, 0.4) is 0 Å². The first-order valence-corrected chi connectivity index (χ1v) is 14.8. The molecular formula is C28H31N7O2S2. The Balaban J connectivity index is 1.19. The van der Waals surface area contributed by atoms with Gasteiger partial charge in [-0.25, -0.2) is 0 Å². The molecule has 3 aromatic rings. The summed E-state index contributed by atoms with van der Waals surface area (Å²) < 4.78 is 0. The maximum atomic E-state index is 12.7. The van der Waals surface area contributed by atoms with Crippen molar-refractivity contribution in [2.45, 2.75) is 64.3 Å². The molecule has 9 nitrogen and oxygen atoms in total. The summed E-state index contributed by atoms with van der Waals surface area (Å²) in [5.74, 6) is 0.378. The van der Waals surface area contributed by atoms with Gasteiger partial charge in [-0.15, -0.1) is 10.2 Å². The summed E-state index contributed by atoms with van der Waals surface area (Å²) in [5, 5.41) is 16.7. The number of amidine groups is 1. The van der Waals surface area contributed by atoms with Gasteiger partial charge in [0.15, 0.2) is 5.17 Å². The summed E-state index contributed by atoms with van der Waals surface area (Å²) in [6.07, 6.45) is 7.96. The zero-order valence-corrected chi connectivity index (χ0v) is 23.6. The second kappa shape index (κ2) is 12.6. The molecule has 11 heteroatoms. The molecule has 1 fully saturated rings. The normalized spacial score (nSPS) is 21.3. The molecule has 1 saturated carbocycles. The van der Waals surface area contributed by atoms with Crippen molar-refractivity contribution in [3.63, 3.8) is 0 Å². The van der Waals surface area contributed by atoms with Crippen molar-refractivity contribution >= 4 is 45.2 Å². The largest absolute Gasteiger partial charge is 0.305 e. The van der Waals surface area contributed by atoms with E-state index in [1.807, 2.05) is 36.4 Å². The summed E-state index contributed by atoms with van der Waals surface area (Å²) >= 11 is 3.04. The fraction of sp³-hybridized carbons (Fsp3) is 0.393. The molecule has 0 spiro atoms. The highest BCUT2D eigenvalue weighted by Crippen LogP contribution is 2.46. The van der Waals surface area contributed by atoms with E-state index in [-0.39, 0.29) is 36.6 Å². The van der Waals surface area contributed by atoms with Gasteiger partial charge in [0, 0.05) is 29.7 Å². The molecule has 0 bridgehead atoms. The molecular weight excluding hydrogens is 530 g/mol. The lowest BCUT2D eigenvalue weighted by atomic mass is 9.80. The van der Waals surface area contributed by atoms with Crippen LogP contribution in [0.2, 0.25) is 0 Å². The number of allylic oxidation sites excluding steroid dienone is 1. The number of aromatic nitrogens is 4. The van der Waals surface area contributed by atoms with E-state index in [4.69, 9.17) is 4.99 Å². The van der Waals surface area contributed by atoms with Crippen LogP contribution in [0.5, 0.6) is 0 Å². The quantitative estimate of drug-likeness (QED) is 0.420. The van der Waals surface area contributed by atoms with Crippen LogP contribution >= 0.6 is 23.1 Å². The molecule has 0 saturated heterocycles. The summed E-state index contributed by atoms with van der Waals surface area (Å²) in [4.78, 5) is 39.6. The van der Waals surface area contributed by atoms with E-state index in [1.165, 1.54) is 21.8 Å². The number of rotatable bonds is 7. The van der Waals surface area contributed by atoms with Gasteiger partial charge in [-0.2, -0.15) is 0 Å². The van der Waals surface area contributed by atoms with Gasteiger partial charge in [0.05, 0.1) is 18.9 Å². The Hall–Kier alpha value is -3.44. The van der Waals surface area contributed by atoms with Crippen LogP contribution in [0.1, 0.15) is 61.8 Å². The van der Waals surface area contributed by atoms with Crippen LogP contribution in [0.25, 0.3) is 0 Å². The van der Waals surface area contributed by atoms with Crippen LogP contribution < -0.4 is 10.6 Å². The van der Waals surface area contributed by atoms with Crippen molar-refractivity contribution in [1.82, 2.24) is 25.5 Å². The number of amides is 2. The van der Waals surface area contributed by atoms with E-state index in [0.29, 0.717) is 21.9 Å². The van der Waals surface area contributed by atoms with Gasteiger partial charge in [-0.3, -0.25) is 24.5 Å². The van der Waals surface area contributed by atoms with Crippen LogP contribution in [0.15, 0.2) is 64.3 Å². The number of aliphatic imine (C=N–C) groups is 1. The second-order valence-electron chi connectivity index (χ2n) is 9.86. The number of thioether (sulfide) groups is 1. The number of hydrogen-bond acceptors (Lipinski definition) is 9. The highest BCUT2D eigenvalue weighted by atomic mass is 32.2. The minimum Gasteiger partial charge on any atom is -0.305 e. The van der Waals surface area contributed by atoms with E-state index in [1.54, 1.807) is 24.2 Å². The van der Waals surface area contributed by atoms with Crippen molar-refractivity contribution in [2.75, 3.05) is 5.32 Å². The summed E-state index contributed by atoms with van der Waals surface area (Å²) in [7, 11) is 0. The first kappa shape index (κ1) is 27.1. The van der Waals surface area contributed by atoms with Crippen LogP contribution in [0, 0.1) is 5.92 Å². The zero-order chi connectivity index (χ0) is 27.2. The topological polar surface area (TPSA) is 122 Å². The van der Waals surface area contributed by atoms with Gasteiger partial charge >= 0.3 is 0 Å². The number of carbonyl (C=O) groups is 2. The average molecular weight is 562 g/mol. The predicted octanol–water partition coefficient (Wildman–Crippen LogP) is 4.91. The van der Waals surface area contributed by atoms with Gasteiger partial charge in [-0.1, -0.05) is 41.7 Å². The molecule has 3 atom stereocenters. The maximum Gasteiger partial charge on any atom is 0.232 e. The van der Waals surface area contributed by atoms with E-state index in [0.717, 1.165) is 36.4 Å². The number of hydrogen-bond donors (Lipinski definition) is 2. The third kappa shape index (κ3) is 7.15. The molecule has 5 rings (SSSR count). The van der Waals surface area contributed by atoms with E-state index >= 15 is 0 Å². The third-order valence-electron chi connectivity index (χ3n) is 7.00. The van der Waals surface area contributed by atoms with Crippen molar-refractivity contribution in [3.05, 3.63) is 75.7 Å². The van der Waals surface area contributed by atoms with Crippen LogP contribution in [-0.4, -0.2) is 43.2 Å². The Kier molecular flexibility index (Phi) is 8.77. The smallest absolute Gasteiger partial charge is 0.232 e. The maximum absolute atomic E-state index is 12.7. The summed E-state index contributed by atoms with van der Waals surface area (Å²) in [6.45, 7) is 4.22. The zero-order valence-electron chi connectivity index (χ0n) is 22.0. The van der Waals surface area contributed by atoms with Crippen LogP contribution in [-0.2, 0) is 22.4 Å². The Bertz CT molecular complexity index is 1370. The number of anilines is 1. The van der Waals surface area contributed by atoms with E-state index < -0.39 is 0 Å². The minimum absolute atomic E-state index is 0.00854. The van der Waals surface area contributed by atoms with Crippen molar-refractivity contribution in [3.8, 4) is 0 Å². The number of nitrogens with one attached hydrogen (secondary N) is 2. The van der Waals surface area contributed by atoms with Gasteiger partial charge in [0.25, 0.3) is 0 Å². The SMILES string of the molecule is CC1=C(C2CCCC(c3nnc(NC(=O)Cc4ccccn4)s3)C2)SC(NC(=O)Cc2ccccn2)=NC1C. The molecule has 0 aromatic carbocycles. The average Bonchev–Trinajstić information content (AvgIpc) is 3.40. The molecule has 202 valence electrons. The van der Waals surface area contributed by atoms with Gasteiger partial charge in [-0.05, 0) is 73.8 Å². The second-order valence-corrected chi connectivity index (χ2v) is 11.9. The Morgan fingerprint density at radius 3 is 2.26 bits per heavy atom. The molecule has 39 heavy (non-hydrogen) atoms. The Morgan fingerprint density at radius 1 is 0.923 bits per heavy atom. The van der Waals surface area contributed by atoms with Gasteiger partial charge < -0.3 is 10.6 Å². The van der Waals surface area contributed by atoms with Crippen LogP contribution in [0.4, 0.5) is 5.13 Å². The molecule has 1 aliphatic heterocycles. The standard InChI is InChI=1S/C28H31N7O2S2/c1-17-18(2)31-27(32-23(36)15-21-10-3-5-12-29-21)38-25(17)19-8-7-9-20(14-19)26-34-35-28(39-26)33-24(37)16-22-11-4-6-13-30-22/h3-6,10-13,18-20H,7-9,14-16H2,1-2H3,(H,31,32,36)(H,33,35,37). The number of carbonyl (C=O) groups excluding carboxylic acids is 2.